The van der Waals surface area contributed by atoms with Gasteiger partial charge in [-0.15, -0.1) is 12.6 Å². The molecule has 1 aromatic carbocycles. The predicted molar refractivity (Wildman–Crippen MR) is 110 cm³/mol. The Morgan fingerprint density at radius 2 is 1.39 bits per heavy atom. The number of thiol groups is 1. The van der Waals surface area contributed by atoms with Gasteiger partial charge in [0.1, 0.15) is 4.32 Å². The summed E-state index contributed by atoms with van der Waals surface area (Å²) >= 11 is 8.82. The molecule has 0 spiro atoms. The van der Waals surface area contributed by atoms with Crippen molar-refractivity contribution in [3.8, 4) is 0 Å². The van der Waals surface area contributed by atoms with E-state index in [4.69, 9.17) is 12.2 Å². The summed E-state index contributed by atoms with van der Waals surface area (Å²) in [5.41, 5.74) is 1.95. The molecule has 0 amide bonds. The van der Waals surface area contributed by atoms with Crippen molar-refractivity contribution < 1.29 is 0 Å². The molecule has 3 aromatic rings. The third kappa shape index (κ3) is 5.29. The summed E-state index contributed by atoms with van der Waals surface area (Å²) in [7, 11) is 0. The van der Waals surface area contributed by atoms with Crippen LogP contribution in [-0.4, -0.2) is 56.2 Å². The van der Waals surface area contributed by atoms with Gasteiger partial charge >= 0.3 is 23.9 Å². The van der Waals surface area contributed by atoms with Gasteiger partial charge in [0.25, 0.3) is 0 Å². The van der Waals surface area contributed by atoms with Crippen LogP contribution in [0.3, 0.4) is 0 Å². The molecule has 0 fully saturated rings. The standard InChI is InChI=1S/C12H8N2.C5H11NS2.Sn.2H/c1-3-9-5-6-10-4-2-8-14-12(10)11(9)13-7-1;1-3-6(4-2)5(7)8;;;/h1-8H;3-4H2,1-2H3,(H,7,8);;;. The molecule has 120 valence electrons. The number of benzene rings is 1. The second kappa shape index (κ2) is 10.0. The normalized spacial score (nSPS) is 9.70. The Bertz CT molecular complexity index is 721. The average Bonchev–Trinajstić information content (AvgIpc) is 2.56. The van der Waals surface area contributed by atoms with Crippen LogP contribution in [0.1, 0.15) is 13.8 Å². The number of hydrogen-bond donors (Lipinski definition) is 1. The van der Waals surface area contributed by atoms with Gasteiger partial charge in [0, 0.05) is 36.3 Å². The quantitative estimate of drug-likeness (QED) is 0.281. The molecular weight excluding hydrogens is 429 g/mol. The Kier molecular flexibility index (Phi) is 8.79. The first-order valence-corrected chi connectivity index (χ1v) is 8.09. The van der Waals surface area contributed by atoms with Crippen LogP contribution < -0.4 is 0 Å². The molecule has 2 aromatic heterocycles. The van der Waals surface area contributed by atoms with Crippen molar-refractivity contribution in [1.82, 2.24) is 14.9 Å². The van der Waals surface area contributed by atoms with Crippen molar-refractivity contribution in [2.45, 2.75) is 13.8 Å². The summed E-state index contributed by atoms with van der Waals surface area (Å²) in [5.74, 6) is 0. The summed E-state index contributed by atoms with van der Waals surface area (Å²) in [6, 6.07) is 12.1. The molecular formula is C17H21N3S2Sn. The number of nitrogens with zero attached hydrogens (tertiary/aromatic N) is 3. The third-order valence-corrected chi connectivity index (χ3v) is 3.92. The van der Waals surface area contributed by atoms with Crippen molar-refractivity contribution in [3.63, 3.8) is 0 Å². The van der Waals surface area contributed by atoms with Gasteiger partial charge in [0.15, 0.2) is 0 Å². The van der Waals surface area contributed by atoms with Crippen LogP contribution in [0.2, 0.25) is 0 Å². The van der Waals surface area contributed by atoms with Crippen LogP contribution in [0.5, 0.6) is 0 Å². The molecule has 0 N–H and O–H groups in total. The van der Waals surface area contributed by atoms with E-state index < -0.39 is 0 Å². The van der Waals surface area contributed by atoms with Gasteiger partial charge in [0.05, 0.1) is 11.0 Å². The number of rotatable bonds is 2. The maximum Gasteiger partial charge on any atom is 0.0964 e. The van der Waals surface area contributed by atoms with Crippen molar-refractivity contribution in [2.75, 3.05) is 13.1 Å². The molecule has 0 unspecified atom stereocenters. The summed E-state index contributed by atoms with van der Waals surface area (Å²) in [5, 5.41) is 2.28. The van der Waals surface area contributed by atoms with Crippen molar-refractivity contribution >= 4 is 74.9 Å². The van der Waals surface area contributed by atoms with E-state index >= 15 is 0 Å². The zero-order valence-electron chi connectivity index (χ0n) is 13.4. The Balaban J connectivity index is 0.000000258. The fourth-order valence-corrected chi connectivity index (χ4v) is 2.71. The van der Waals surface area contributed by atoms with Crippen molar-refractivity contribution in [1.29, 1.82) is 0 Å². The van der Waals surface area contributed by atoms with E-state index in [2.05, 4.69) is 60.7 Å². The first-order chi connectivity index (χ1) is 10.7. The molecule has 0 aliphatic carbocycles. The van der Waals surface area contributed by atoms with Crippen LogP contribution in [0, 0.1) is 0 Å². The van der Waals surface area contributed by atoms with Gasteiger partial charge in [-0.1, -0.05) is 36.5 Å². The van der Waals surface area contributed by atoms with E-state index in [1.165, 1.54) is 0 Å². The largest absolute Gasteiger partial charge is 0.254 e. The fraction of sp³-hybridized carbons (Fsp3) is 0.235. The topological polar surface area (TPSA) is 29.0 Å². The van der Waals surface area contributed by atoms with Gasteiger partial charge in [0.2, 0.25) is 0 Å². The monoisotopic (exact) mass is 451 g/mol. The summed E-state index contributed by atoms with van der Waals surface area (Å²) in [6.07, 6.45) is 3.60. The Morgan fingerprint density at radius 1 is 0.957 bits per heavy atom. The summed E-state index contributed by atoms with van der Waals surface area (Å²) in [4.78, 5) is 10.7. The minimum atomic E-state index is 0. The first kappa shape index (κ1) is 20.1. The smallest absolute Gasteiger partial charge is 0.0964 e. The molecule has 2 radical (unpaired) electrons. The number of pyridine rings is 2. The maximum atomic E-state index is 4.81. The van der Waals surface area contributed by atoms with Gasteiger partial charge in [-0.05, 0) is 26.0 Å². The van der Waals surface area contributed by atoms with Gasteiger partial charge in [-0.25, -0.2) is 0 Å². The molecule has 3 rings (SSSR count). The van der Waals surface area contributed by atoms with Gasteiger partial charge < -0.3 is 4.90 Å². The van der Waals surface area contributed by atoms with E-state index in [0.29, 0.717) is 4.32 Å². The fourth-order valence-electron chi connectivity index (χ4n) is 2.17. The van der Waals surface area contributed by atoms with Crippen LogP contribution in [0.25, 0.3) is 21.8 Å². The van der Waals surface area contributed by atoms with E-state index in [9.17, 15) is 0 Å². The zero-order chi connectivity index (χ0) is 15.9. The molecule has 0 aliphatic rings. The molecule has 23 heavy (non-hydrogen) atoms. The second-order valence-electron chi connectivity index (χ2n) is 4.67. The average molecular weight is 450 g/mol. The third-order valence-electron chi connectivity index (χ3n) is 3.38. The Morgan fingerprint density at radius 3 is 1.70 bits per heavy atom. The molecule has 3 nitrogen and oxygen atoms in total. The number of fused-ring (bicyclic) bond motifs is 3. The molecule has 6 heteroatoms. The molecule has 0 saturated carbocycles. The summed E-state index contributed by atoms with van der Waals surface area (Å²) < 4.78 is 0.690. The van der Waals surface area contributed by atoms with Crippen LogP contribution in [0.4, 0.5) is 0 Å². The van der Waals surface area contributed by atoms with E-state index in [1.807, 2.05) is 17.0 Å². The number of thiocarbonyl (C=S) groups is 1. The van der Waals surface area contributed by atoms with Crippen LogP contribution in [0.15, 0.2) is 48.8 Å². The minimum absolute atomic E-state index is 0. The zero-order valence-corrected chi connectivity index (χ0v) is 19.2. The van der Waals surface area contributed by atoms with Crippen molar-refractivity contribution in [2.24, 2.45) is 0 Å². The van der Waals surface area contributed by atoms with Crippen LogP contribution in [-0.2, 0) is 0 Å². The van der Waals surface area contributed by atoms with Gasteiger partial charge in [-0.3, -0.25) is 9.97 Å². The second-order valence-corrected chi connectivity index (χ2v) is 5.78. The maximum absolute atomic E-state index is 4.81. The van der Waals surface area contributed by atoms with Gasteiger partial charge in [-0.2, -0.15) is 0 Å². The molecule has 0 atom stereocenters. The van der Waals surface area contributed by atoms with E-state index in [0.717, 1.165) is 34.9 Å². The Hall–Kier alpha value is -0.921. The SMILES string of the molecule is CCN(CC)C(=S)S.[SnH2].c1cnc2c(c1)ccc1cccnc12. The van der Waals surface area contributed by atoms with Crippen LogP contribution >= 0.6 is 24.8 Å². The minimum Gasteiger partial charge on any atom is -0.254 e. The molecule has 2 heterocycles. The van der Waals surface area contributed by atoms with Crippen molar-refractivity contribution in [3.05, 3.63) is 48.8 Å². The molecule has 0 saturated heterocycles. The Labute approximate surface area is 164 Å². The molecule has 0 bridgehead atoms. The molecule has 0 aliphatic heterocycles. The summed E-state index contributed by atoms with van der Waals surface area (Å²) in [6.45, 7) is 6.04. The number of aromatic nitrogens is 2. The van der Waals surface area contributed by atoms with E-state index in [1.54, 1.807) is 12.4 Å². The first-order valence-electron chi connectivity index (χ1n) is 7.23. The number of hydrogen-bond acceptors (Lipinski definition) is 3. The predicted octanol–water partition coefficient (Wildman–Crippen LogP) is 3.41. The van der Waals surface area contributed by atoms with E-state index in [-0.39, 0.29) is 23.9 Å².